The lowest BCUT2D eigenvalue weighted by Gasteiger charge is -2.32. The summed E-state index contributed by atoms with van der Waals surface area (Å²) >= 11 is 5.81. The van der Waals surface area contributed by atoms with Crippen molar-refractivity contribution in [3.05, 3.63) is 52.7 Å². The Labute approximate surface area is 131 Å². The molecule has 1 atom stereocenters. The molecule has 0 bridgehead atoms. The Hall–Kier alpha value is -2.05. The van der Waals surface area contributed by atoms with Gasteiger partial charge in [-0.2, -0.15) is 0 Å². The number of nitrogens with zero attached hydrogens (tertiary/aromatic N) is 1. The quantitative estimate of drug-likeness (QED) is 0.862. The fourth-order valence-electron chi connectivity index (χ4n) is 2.41. The van der Waals surface area contributed by atoms with E-state index < -0.39 is 5.82 Å². The van der Waals surface area contributed by atoms with Crippen molar-refractivity contribution < 1.29 is 18.3 Å². The van der Waals surface area contributed by atoms with E-state index in [0.717, 1.165) is 6.07 Å². The van der Waals surface area contributed by atoms with E-state index in [1.165, 1.54) is 6.07 Å². The van der Waals surface area contributed by atoms with Crippen molar-refractivity contribution in [1.82, 2.24) is 4.90 Å². The summed E-state index contributed by atoms with van der Waals surface area (Å²) in [5.74, 6) is -0.437. The molecule has 2 heterocycles. The molecule has 1 aliphatic rings. The summed E-state index contributed by atoms with van der Waals surface area (Å²) in [6, 6.07) is 5.99. The largest absolute Gasteiger partial charge is 0.467 e. The number of nitrogen functional groups attached to an aromatic ring is 1. The molecule has 7 heteroatoms. The molecular weight excluding hydrogens is 311 g/mol. The van der Waals surface area contributed by atoms with Crippen LogP contribution in [0.1, 0.15) is 22.2 Å². The summed E-state index contributed by atoms with van der Waals surface area (Å²) in [6.07, 6.45) is 1.20. The van der Waals surface area contributed by atoms with E-state index in [1.54, 1.807) is 23.3 Å². The summed E-state index contributed by atoms with van der Waals surface area (Å²) < 4.78 is 24.5. The van der Waals surface area contributed by atoms with E-state index in [4.69, 9.17) is 26.5 Å². The highest BCUT2D eigenvalue weighted by Crippen LogP contribution is 2.27. The van der Waals surface area contributed by atoms with E-state index in [1.807, 2.05) is 0 Å². The summed E-state index contributed by atoms with van der Waals surface area (Å²) in [6.45, 7) is 1.06. The van der Waals surface area contributed by atoms with Crippen LogP contribution in [0.25, 0.3) is 0 Å². The Morgan fingerprint density at radius 1 is 1.45 bits per heavy atom. The molecule has 1 amide bonds. The number of carbonyl (C=O) groups is 1. The molecule has 116 valence electrons. The first-order chi connectivity index (χ1) is 10.6. The second-order valence-electron chi connectivity index (χ2n) is 4.97. The summed E-state index contributed by atoms with van der Waals surface area (Å²) in [5, 5.41) is 0.130. The molecule has 0 spiro atoms. The number of ether oxygens (including phenoxy) is 1. The van der Waals surface area contributed by atoms with Crippen LogP contribution in [0.15, 0.2) is 34.9 Å². The lowest BCUT2D eigenvalue weighted by atomic mass is 10.1. The Morgan fingerprint density at radius 2 is 2.27 bits per heavy atom. The second kappa shape index (κ2) is 5.98. The topological polar surface area (TPSA) is 68.7 Å². The predicted octanol–water partition coefficient (Wildman–Crippen LogP) is 2.87. The van der Waals surface area contributed by atoms with E-state index >= 15 is 0 Å². The molecule has 1 saturated heterocycles. The first-order valence-corrected chi connectivity index (χ1v) is 7.13. The van der Waals surface area contributed by atoms with Crippen LogP contribution in [-0.4, -0.2) is 30.5 Å². The zero-order valence-electron chi connectivity index (χ0n) is 11.6. The number of hydrogen-bond donors (Lipinski definition) is 1. The third kappa shape index (κ3) is 2.80. The molecule has 1 aliphatic heterocycles. The third-order valence-electron chi connectivity index (χ3n) is 3.54. The smallest absolute Gasteiger partial charge is 0.256 e. The predicted molar refractivity (Wildman–Crippen MR) is 79.1 cm³/mol. The van der Waals surface area contributed by atoms with Crippen molar-refractivity contribution >= 4 is 23.2 Å². The first kappa shape index (κ1) is 14.9. The van der Waals surface area contributed by atoms with Crippen molar-refractivity contribution in [2.24, 2.45) is 0 Å². The van der Waals surface area contributed by atoms with Crippen LogP contribution in [-0.2, 0) is 4.74 Å². The molecule has 0 aliphatic carbocycles. The zero-order valence-corrected chi connectivity index (χ0v) is 12.3. The average molecular weight is 325 g/mol. The number of benzene rings is 1. The van der Waals surface area contributed by atoms with Crippen LogP contribution in [0.5, 0.6) is 0 Å². The molecule has 1 fully saturated rings. The maximum Gasteiger partial charge on any atom is 0.256 e. The lowest BCUT2D eigenvalue weighted by molar-refractivity contribution is -0.0321. The van der Waals surface area contributed by atoms with Gasteiger partial charge in [-0.3, -0.25) is 4.79 Å². The van der Waals surface area contributed by atoms with Gasteiger partial charge in [0.15, 0.2) is 0 Å². The van der Waals surface area contributed by atoms with E-state index in [2.05, 4.69) is 0 Å². The van der Waals surface area contributed by atoms with Crippen LogP contribution in [0.4, 0.5) is 10.1 Å². The molecular formula is C15H14ClFN2O3. The normalized spacial score (nSPS) is 18.5. The fraction of sp³-hybridized carbons (Fsp3) is 0.267. The molecule has 2 N–H and O–H groups in total. The minimum Gasteiger partial charge on any atom is -0.467 e. The van der Waals surface area contributed by atoms with Crippen LogP contribution in [0.3, 0.4) is 0 Å². The van der Waals surface area contributed by atoms with Crippen molar-refractivity contribution in [2.45, 2.75) is 6.10 Å². The number of halogens is 2. The number of amides is 1. The Kier molecular flexibility index (Phi) is 4.04. The van der Waals surface area contributed by atoms with E-state index in [-0.39, 0.29) is 28.3 Å². The molecule has 2 aromatic rings. The molecule has 22 heavy (non-hydrogen) atoms. The maximum atomic E-state index is 13.6. The number of carbonyl (C=O) groups excluding carboxylic acids is 1. The third-order valence-corrected chi connectivity index (χ3v) is 3.76. The molecule has 0 radical (unpaired) electrons. The maximum absolute atomic E-state index is 13.6. The SMILES string of the molecule is Nc1c(F)cc(Cl)cc1C(=O)N1CCO[C@@H](c2ccco2)C1. The Morgan fingerprint density at radius 3 is 3.00 bits per heavy atom. The highest BCUT2D eigenvalue weighted by atomic mass is 35.5. The van der Waals surface area contributed by atoms with Gasteiger partial charge in [-0.15, -0.1) is 0 Å². The highest BCUT2D eigenvalue weighted by Gasteiger charge is 2.29. The van der Waals surface area contributed by atoms with E-state index in [9.17, 15) is 9.18 Å². The first-order valence-electron chi connectivity index (χ1n) is 6.75. The number of morpholine rings is 1. The van der Waals surface area contributed by atoms with Crippen LogP contribution in [0.2, 0.25) is 5.02 Å². The highest BCUT2D eigenvalue weighted by molar-refractivity contribution is 6.31. The Bertz CT molecular complexity index is 690. The summed E-state index contributed by atoms with van der Waals surface area (Å²) in [5.41, 5.74) is 5.52. The second-order valence-corrected chi connectivity index (χ2v) is 5.41. The van der Waals surface area contributed by atoms with Gasteiger partial charge in [0.25, 0.3) is 5.91 Å². The van der Waals surface area contributed by atoms with Gasteiger partial charge in [-0.25, -0.2) is 4.39 Å². The summed E-state index contributed by atoms with van der Waals surface area (Å²) in [7, 11) is 0. The van der Waals surface area contributed by atoms with Crippen molar-refractivity contribution in [2.75, 3.05) is 25.4 Å². The minimum atomic E-state index is -0.702. The number of rotatable bonds is 2. The van der Waals surface area contributed by atoms with Gasteiger partial charge in [0.2, 0.25) is 0 Å². The van der Waals surface area contributed by atoms with Gasteiger partial charge in [-0.05, 0) is 24.3 Å². The monoisotopic (exact) mass is 324 g/mol. The molecule has 0 saturated carbocycles. The van der Waals surface area contributed by atoms with Gasteiger partial charge >= 0.3 is 0 Å². The number of nitrogens with two attached hydrogens (primary N) is 1. The van der Waals surface area contributed by atoms with Gasteiger partial charge < -0.3 is 19.8 Å². The molecule has 0 unspecified atom stereocenters. The van der Waals surface area contributed by atoms with Crippen LogP contribution >= 0.6 is 11.6 Å². The molecule has 1 aromatic carbocycles. The van der Waals surface area contributed by atoms with Crippen LogP contribution in [0, 0.1) is 5.82 Å². The summed E-state index contributed by atoms with van der Waals surface area (Å²) in [4.78, 5) is 14.1. The number of furan rings is 1. The van der Waals surface area contributed by atoms with E-state index in [0.29, 0.717) is 25.5 Å². The molecule has 5 nitrogen and oxygen atoms in total. The lowest BCUT2D eigenvalue weighted by Crippen LogP contribution is -2.42. The van der Waals surface area contributed by atoms with Crippen LogP contribution < -0.4 is 5.73 Å². The van der Waals surface area contributed by atoms with Crippen molar-refractivity contribution in [3.8, 4) is 0 Å². The molecule has 1 aromatic heterocycles. The molecule has 3 rings (SSSR count). The average Bonchev–Trinajstić information content (AvgIpc) is 3.05. The fourth-order valence-corrected chi connectivity index (χ4v) is 2.62. The Balaban J connectivity index is 1.83. The van der Waals surface area contributed by atoms with Gasteiger partial charge in [0.1, 0.15) is 17.7 Å². The number of anilines is 1. The zero-order chi connectivity index (χ0) is 15.7. The van der Waals surface area contributed by atoms with Gasteiger partial charge in [0, 0.05) is 11.6 Å². The van der Waals surface area contributed by atoms with Crippen molar-refractivity contribution in [3.63, 3.8) is 0 Å². The minimum absolute atomic E-state index is 0.0603. The standard InChI is InChI=1S/C15H14ClFN2O3/c16-9-6-10(14(18)11(17)7-9)15(20)19-3-5-22-13(8-19)12-2-1-4-21-12/h1-2,4,6-7,13H,3,5,8,18H2/t13-/m1/s1. The number of hydrogen-bond acceptors (Lipinski definition) is 4. The van der Waals surface area contributed by atoms with Gasteiger partial charge in [-0.1, -0.05) is 11.6 Å². The van der Waals surface area contributed by atoms with Crippen molar-refractivity contribution in [1.29, 1.82) is 0 Å². The van der Waals surface area contributed by atoms with Gasteiger partial charge in [0.05, 0.1) is 30.7 Å².